The summed E-state index contributed by atoms with van der Waals surface area (Å²) < 4.78 is 6.14. The van der Waals surface area contributed by atoms with Crippen LogP contribution in [0.2, 0.25) is 5.02 Å². The molecular formula is C19H25BClN3O. The number of rotatable bonds is 5. The minimum atomic E-state index is 0.610. The molecule has 0 atom stereocenters. The highest BCUT2D eigenvalue weighted by Gasteiger charge is 2.18. The molecule has 132 valence electrons. The lowest BCUT2D eigenvalue weighted by Crippen LogP contribution is -2.32. The first-order valence-corrected chi connectivity index (χ1v) is 9.20. The van der Waals surface area contributed by atoms with Gasteiger partial charge in [0.05, 0.1) is 12.3 Å². The second-order valence-electron chi connectivity index (χ2n) is 7.00. The molecular weight excluding hydrogens is 332 g/mol. The average molecular weight is 358 g/mol. The highest BCUT2D eigenvalue weighted by atomic mass is 35.5. The fourth-order valence-electron chi connectivity index (χ4n) is 3.14. The zero-order valence-corrected chi connectivity index (χ0v) is 15.9. The van der Waals surface area contributed by atoms with E-state index in [1.54, 1.807) is 0 Å². The summed E-state index contributed by atoms with van der Waals surface area (Å²) in [5.41, 5.74) is 3.11. The number of hydrogen-bond acceptors (Lipinski definition) is 4. The molecule has 0 radical (unpaired) electrons. The zero-order valence-electron chi connectivity index (χ0n) is 15.2. The van der Waals surface area contributed by atoms with Crippen molar-refractivity contribution in [2.24, 2.45) is 5.92 Å². The number of benzene rings is 1. The molecule has 0 amide bonds. The summed E-state index contributed by atoms with van der Waals surface area (Å²) in [5.74, 6) is 2.26. The molecule has 0 bridgehead atoms. The van der Waals surface area contributed by atoms with Crippen LogP contribution in [-0.4, -0.2) is 44.5 Å². The molecule has 3 rings (SSSR count). The van der Waals surface area contributed by atoms with Gasteiger partial charge in [0.2, 0.25) is 0 Å². The molecule has 6 heteroatoms. The summed E-state index contributed by atoms with van der Waals surface area (Å²) in [6.45, 7) is 5.07. The van der Waals surface area contributed by atoms with Crippen molar-refractivity contribution in [3.05, 3.63) is 41.0 Å². The molecule has 1 aromatic carbocycles. The topological polar surface area (TPSA) is 37.4 Å². The van der Waals surface area contributed by atoms with Crippen LogP contribution in [0.5, 0.6) is 5.75 Å². The summed E-state index contributed by atoms with van der Waals surface area (Å²) >= 11 is 6.19. The van der Waals surface area contributed by atoms with E-state index in [1.807, 2.05) is 39.2 Å². The number of aromatic nitrogens is 1. The largest absolute Gasteiger partial charge is 0.491 e. The second-order valence-corrected chi connectivity index (χ2v) is 7.44. The maximum atomic E-state index is 6.19. The van der Waals surface area contributed by atoms with Crippen molar-refractivity contribution in [3.63, 3.8) is 0 Å². The zero-order chi connectivity index (χ0) is 17.8. The first-order valence-electron chi connectivity index (χ1n) is 8.82. The Hall–Kier alpha value is -1.72. The second kappa shape index (κ2) is 8.11. The highest BCUT2D eigenvalue weighted by molar-refractivity contribution is 6.35. The maximum absolute atomic E-state index is 6.19. The molecule has 0 aliphatic carbocycles. The predicted molar refractivity (Wildman–Crippen MR) is 108 cm³/mol. The van der Waals surface area contributed by atoms with Gasteiger partial charge in [-0.2, -0.15) is 0 Å². The van der Waals surface area contributed by atoms with Crippen LogP contribution in [0.25, 0.3) is 0 Å². The Labute approximate surface area is 156 Å². The average Bonchev–Trinajstić information content (AvgIpc) is 2.58. The van der Waals surface area contributed by atoms with E-state index in [-0.39, 0.29) is 0 Å². The van der Waals surface area contributed by atoms with Crippen molar-refractivity contribution in [2.75, 3.05) is 32.1 Å². The molecule has 1 aliphatic heterocycles. The third-order valence-corrected chi connectivity index (χ3v) is 4.96. The van der Waals surface area contributed by atoms with E-state index in [2.05, 4.69) is 28.3 Å². The number of pyridine rings is 1. The maximum Gasteiger partial charge on any atom is 0.144 e. The SMILES string of the molecule is Bc1cc(C)cnc1Nc1cc(Cl)ccc1OCC1CCN(C)CC1. The third-order valence-electron chi connectivity index (χ3n) is 4.72. The number of nitrogens with zero attached hydrogens (tertiary/aromatic N) is 2. The molecule has 0 unspecified atom stereocenters. The van der Waals surface area contributed by atoms with Crippen molar-refractivity contribution >= 4 is 36.4 Å². The van der Waals surface area contributed by atoms with E-state index in [9.17, 15) is 0 Å². The Kier molecular flexibility index (Phi) is 5.87. The molecule has 1 aliphatic rings. The normalized spacial score (nSPS) is 16.0. The van der Waals surface area contributed by atoms with Gasteiger partial charge in [0.25, 0.3) is 0 Å². The van der Waals surface area contributed by atoms with Gasteiger partial charge in [-0.3, -0.25) is 0 Å². The number of ether oxygens (including phenoxy) is 1. The number of likely N-dealkylation sites (tertiary alicyclic amines) is 1. The summed E-state index contributed by atoms with van der Waals surface area (Å²) in [7, 11) is 4.22. The first kappa shape index (κ1) is 18.1. The number of piperidine rings is 1. The monoisotopic (exact) mass is 357 g/mol. The van der Waals surface area contributed by atoms with E-state index < -0.39 is 0 Å². The van der Waals surface area contributed by atoms with Gasteiger partial charge in [0.15, 0.2) is 0 Å². The van der Waals surface area contributed by atoms with E-state index >= 15 is 0 Å². The minimum Gasteiger partial charge on any atom is -0.491 e. The first-order chi connectivity index (χ1) is 12.0. The van der Waals surface area contributed by atoms with E-state index in [0.717, 1.165) is 48.0 Å². The smallest absolute Gasteiger partial charge is 0.144 e. The summed E-state index contributed by atoms with van der Waals surface area (Å²) in [4.78, 5) is 6.86. The van der Waals surface area contributed by atoms with Gasteiger partial charge in [0, 0.05) is 11.2 Å². The van der Waals surface area contributed by atoms with E-state index in [0.29, 0.717) is 10.9 Å². The molecule has 25 heavy (non-hydrogen) atoms. The minimum absolute atomic E-state index is 0.610. The molecule has 2 heterocycles. The Morgan fingerprint density at radius 3 is 2.80 bits per heavy atom. The summed E-state index contributed by atoms with van der Waals surface area (Å²) in [6, 6.07) is 7.81. The van der Waals surface area contributed by atoms with E-state index in [4.69, 9.17) is 16.3 Å². The van der Waals surface area contributed by atoms with Gasteiger partial charge in [-0.15, -0.1) is 0 Å². The lowest BCUT2D eigenvalue weighted by atomic mass is 9.95. The van der Waals surface area contributed by atoms with Gasteiger partial charge in [-0.05, 0) is 75.0 Å². The van der Waals surface area contributed by atoms with Gasteiger partial charge >= 0.3 is 0 Å². The van der Waals surface area contributed by atoms with Crippen molar-refractivity contribution < 1.29 is 4.74 Å². The van der Waals surface area contributed by atoms with Crippen LogP contribution in [0.1, 0.15) is 18.4 Å². The Bertz CT molecular complexity index is 733. The number of aryl methyl sites for hydroxylation is 1. The van der Waals surface area contributed by atoms with Crippen molar-refractivity contribution in [1.29, 1.82) is 0 Å². The molecule has 1 fully saturated rings. The van der Waals surface area contributed by atoms with Crippen LogP contribution in [0, 0.1) is 12.8 Å². The molecule has 1 N–H and O–H groups in total. The molecule has 2 aromatic rings. The van der Waals surface area contributed by atoms with Gasteiger partial charge in [-0.25, -0.2) is 4.98 Å². The van der Waals surface area contributed by atoms with Crippen LogP contribution in [0.15, 0.2) is 30.5 Å². The van der Waals surface area contributed by atoms with Crippen LogP contribution in [0.4, 0.5) is 11.5 Å². The Balaban J connectivity index is 1.71. The Morgan fingerprint density at radius 1 is 1.32 bits per heavy atom. The lowest BCUT2D eigenvalue weighted by molar-refractivity contribution is 0.160. The molecule has 1 saturated heterocycles. The van der Waals surface area contributed by atoms with Gasteiger partial charge in [0.1, 0.15) is 19.4 Å². The summed E-state index contributed by atoms with van der Waals surface area (Å²) in [5, 5.41) is 4.05. The van der Waals surface area contributed by atoms with Crippen molar-refractivity contribution in [1.82, 2.24) is 9.88 Å². The molecule has 4 nitrogen and oxygen atoms in total. The van der Waals surface area contributed by atoms with Gasteiger partial charge in [-0.1, -0.05) is 17.7 Å². The summed E-state index contributed by atoms with van der Waals surface area (Å²) in [6.07, 6.45) is 4.23. The van der Waals surface area contributed by atoms with Crippen LogP contribution >= 0.6 is 11.6 Å². The number of halogens is 1. The van der Waals surface area contributed by atoms with Crippen molar-refractivity contribution in [2.45, 2.75) is 19.8 Å². The third kappa shape index (κ3) is 4.89. The molecule has 1 aromatic heterocycles. The quantitative estimate of drug-likeness (QED) is 0.835. The Morgan fingerprint density at radius 2 is 2.08 bits per heavy atom. The fourth-order valence-corrected chi connectivity index (χ4v) is 3.31. The number of hydrogen-bond donors (Lipinski definition) is 1. The lowest BCUT2D eigenvalue weighted by Gasteiger charge is -2.29. The predicted octanol–water partition coefficient (Wildman–Crippen LogP) is 2.77. The van der Waals surface area contributed by atoms with E-state index in [1.165, 1.54) is 12.8 Å². The van der Waals surface area contributed by atoms with Crippen LogP contribution in [-0.2, 0) is 0 Å². The highest BCUT2D eigenvalue weighted by Crippen LogP contribution is 2.31. The van der Waals surface area contributed by atoms with Crippen LogP contribution in [0.3, 0.4) is 0 Å². The fraction of sp³-hybridized carbons (Fsp3) is 0.421. The standard InChI is InChI=1S/C19H25BClN3O/c1-13-9-16(20)19(22-11-13)23-17-10-15(21)3-4-18(17)25-12-14-5-7-24(2)8-6-14/h3-4,9-11,14H,5-8,12,20H2,1-2H3,(H,22,23). The van der Waals surface area contributed by atoms with Crippen LogP contribution < -0.4 is 15.5 Å². The molecule has 0 saturated carbocycles. The number of nitrogens with one attached hydrogen (secondary N) is 1. The van der Waals surface area contributed by atoms with Crippen molar-refractivity contribution in [3.8, 4) is 5.75 Å². The number of anilines is 2. The molecule has 0 spiro atoms. The van der Waals surface area contributed by atoms with Gasteiger partial charge < -0.3 is 15.0 Å².